The van der Waals surface area contributed by atoms with Crippen molar-refractivity contribution >= 4 is 43.5 Å². The average molecular weight is 480 g/mol. The highest BCUT2D eigenvalue weighted by atomic mass is 79.9. The van der Waals surface area contributed by atoms with Gasteiger partial charge in [-0.1, -0.05) is 36.7 Å². The first-order valence-electron chi connectivity index (χ1n) is 8.04. The van der Waals surface area contributed by atoms with Gasteiger partial charge in [-0.2, -0.15) is 17.4 Å². The molecule has 0 atom stereocenters. The highest BCUT2D eigenvalue weighted by Crippen LogP contribution is 2.17. The van der Waals surface area contributed by atoms with Crippen molar-refractivity contribution in [2.75, 3.05) is 17.6 Å². The fraction of sp³-hybridized carbons (Fsp3) is 0.500. The van der Waals surface area contributed by atoms with Crippen LogP contribution in [0.5, 0.6) is 0 Å². The van der Waals surface area contributed by atoms with Crippen molar-refractivity contribution in [3.63, 3.8) is 0 Å². The fourth-order valence-electron chi connectivity index (χ4n) is 1.55. The zero-order valence-corrected chi connectivity index (χ0v) is 18.6. The predicted octanol–water partition coefficient (Wildman–Crippen LogP) is 1.92. The lowest BCUT2D eigenvalue weighted by atomic mass is 10.0. The van der Waals surface area contributed by atoms with Gasteiger partial charge in [0.2, 0.25) is 6.54 Å². The van der Waals surface area contributed by atoms with Crippen molar-refractivity contribution in [2.45, 2.75) is 27.3 Å². The second kappa shape index (κ2) is 10.8. The van der Waals surface area contributed by atoms with Crippen LogP contribution in [0.4, 0.5) is 0 Å². The van der Waals surface area contributed by atoms with E-state index in [0.29, 0.717) is 5.41 Å². The van der Waals surface area contributed by atoms with Crippen molar-refractivity contribution in [3.05, 3.63) is 30.9 Å². The number of alkyl halides is 1. The van der Waals surface area contributed by atoms with Gasteiger partial charge in [0.1, 0.15) is 11.3 Å². The summed E-state index contributed by atoms with van der Waals surface area (Å²) < 4.78 is 35.1. The van der Waals surface area contributed by atoms with E-state index in [1.165, 1.54) is 17.9 Å². The lowest BCUT2D eigenvalue weighted by Crippen LogP contribution is -2.43. The Morgan fingerprint density at radius 2 is 1.93 bits per heavy atom. The zero-order valence-electron chi connectivity index (χ0n) is 15.4. The van der Waals surface area contributed by atoms with Gasteiger partial charge in [0.05, 0.1) is 5.75 Å². The van der Waals surface area contributed by atoms with E-state index in [9.17, 15) is 13.2 Å². The lowest BCUT2D eigenvalue weighted by Gasteiger charge is -2.11. The quantitative estimate of drug-likeness (QED) is 0.371. The molecule has 0 aliphatic carbocycles. The molecule has 0 aliphatic rings. The Bertz CT molecular complexity index is 804. The van der Waals surface area contributed by atoms with Crippen molar-refractivity contribution in [3.8, 4) is 10.6 Å². The Labute approximate surface area is 172 Å². The molecular formula is C16H24BrN4O4S2+. The summed E-state index contributed by atoms with van der Waals surface area (Å²) in [7, 11) is -4.06. The molecule has 0 saturated heterocycles. The van der Waals surface area contributed by atoms with Gasteiger partial charge in [-0.25, -0.2) is 4.98 Å². The van der Waals surface area contributed by atoms with Crippen molar-refractivity contribution in [1.29, 1.82) is 0 Å². The minimum Gasteiger partial charge on any atom is -0.349 e. The molecule has 0 aromatic carbocycles. The largest absolute Gasteiger partial charge is 0.349 e. The minimum absolute atomic E-state index is 0.0574. The molecule has 2 rings (SSSR count). The first kappa shape index (κ1) is 23.6. The molecule has 2 heterocycles. The number of amides is 1. The van der Waals surface area contributed by atoms with Gasteiger partial charge in [-0.15, -0.1) is 0 Å². The van der Waals surface area contributed by atoms with E-state index < -0.39 is 15.9 Å². The topological polar surface area (TPSA) is 113 Å². The smallest absolute Gasteiger partial charge is 0.286 e. The molecule has 150 valence electrons. The van der Waals surface area contributed by atoms with Crippen LogP contribution >= 0.6 is 27.5 Å². The summed E-state index contributed by atoms with van der Waals surface area (Å²) in [5, 5.41) is 4.29. The third-order valence-corrected chi connectivity index (χ3v) is 6.02. The maximum Gasteiger partial charge on any atom is 0.286 e. The Morgan fingerprint density at radius 3 is 2.37 bits per heavy atom. The third kappa shape index (κ3) is 11.1. The minimum atomic E-state index is -4.06. The average Bonchev–Trinajstić information content (AvgIpc) is 3.09. The number of rotatable bonds is 6. The summed E-state index contributed by atoms with van der Waals surface area (Å²) in [5.74, 6) is -0.841. The van der Waals surface area contributed by atoms with E-state index in [2.05, 4.69) is 51.4 Å². The number of carbonyl (C=O) groups excluding carboxylic acids is 1. The normalized spacial score (nSPS) is 11.4. The maximum absolute atomic E-state index is 11.6. The van der Waals surface area contributed by atoms with E-state index in [1.54, 1.807) is 17.0 Å². The summed E-state index contributed by atoms with van der Waals surface area (Å²) in [5.41, 5.74) is 1.36. The van der Waals surface area contributed by atoms with Crippen LogP contribution in [0.3, 0.4) is 0 Å². The number of aromatic nitrogens is 3. The van der Waals surface area contributed by atoms with Crippen LogP contribution in [0.15, 0.2) is 30.9 Å². The molecular weight excluding hydrogens is 456 g/mol. The van der Waals surface area contributed by atoms with E-state index in [0.717, 1.165) is 15.9 Å². The molecule has 0 saturated carbocycles. The summed E-state index contributed by atoms with van der Waals surface area (Å²) in [4.78, 5) is 15.7. The predicted molar refractivity (Wildman–Crippen MR) is 108 cm³/mol. The second-order valence-corrected chi connectivity index (χ2v) is 9.75. The summed E-state index contributed by atoms with van der Waals surface area (Å²) in [6.45, 7) is 6.52. The molecule has 2 N–H and O–H groups in total. The number of nitrogens with one attached hydrogen (secondary N) is 1. The van der Waals surface area contributed by atoms with E-state index >= 15 is 0 Å². The van der Waals surface area contributed by atoms with Crippen molar-refractivity contribution in [2.24, 2.45) is 5.41 Å². The van der Waals surface area contributed by atoms with Crippen LogP contribution in [0.1, 0.15) is 20.8 Å². The lowest BCUT2D eigenvalue weighted by molar-refractivity contribution is -0.684. The Kier molecular flexibility index (Phi) is 9.43. The number of carbonyl (C=O) groups is 1. The van der Waals surface area contributed by atoms with Gasteiger partial charge < -0.3 is 5.32 Å². The van der Waals surface area contributed by atoms with E-state index in [1.807, 2.05) is 12.1 Å². The SMILES string of the molecule is CC(C)(C)CBr.O=C(C[n+]1ccc(-c2ncns2)cc1)NCCS(=O)(=O)O. The van der Waals surface area contributed by atoms with E-state index in [-0.39, 0.29) is 19.0 Å². The van der Waals surface area contributed by atoms with Crippen molar-refractivity contribution in [1.82, 2.24) is 14.7 Å². The molecule has 8 nitrogen and oxygen atoms in total. The molecule has 27 heavy (non-hydrogen) atoms. The van der Waals surface area contributed by atoms with E-state index in [4.69, 9.17) is 4.55 Å². The van der Waals surface area contributed by atoms with Gasteiger partial charge in [0, 0.05) is 29.6 Å². The highest BCUT2D eigenvalue weighted by Gasteiger charge is 2.11. The van der Waals surface area contributed by atoms with Crippen LogP contribution in [-0.4, -0.2) is 45.9 Å². The van der Waals surface area contributed by atoms with Crippen molar-refractivity contribution < 1.29 is 22.3 Å². The molecule has 0 fully saturated rings. The maximum atomic E-state index is 11.6. The zero-order chi connectivity index (χ0) is 20.5. The fourth-order valence-corrected chi connectivity index (χ4v) is 2.44. The molecule has 0 radical (unpaired) electrons. The van der Waals surface area contributed by atoms with Crippen LogP contribution in [0, 0.1) is 5.41 Å². The van der Waals surface area contributed by atoms with Gasteiger partial charge in [0.25, 0.3) is 16.0 Å². The van der Waals surface area contributed by atoms with Crippen LogP contribution in [0.25, 0.3) is 10.6 Å². The number of hydrogen-bond donors (Lipinski definition) is 2. The second-order valence-electron chi connectivity index (χ2n) is 6.84. The Hall–Kier alpha value is -1.43. The van der Waals surface area contributed by atoms with Gasteiger partial charge in [-0.3, -0.25) is 9.35 Å². The first-order valence-corrected chi connectivity index (χ1v) is 11.5. The highest BCUT2D eigenvalue weighted by molar-refractivity contribution is 9.09. The van der Waals surface area contributed by atoms with Crippen LogP contribution in [0.2, 0.25) is 0 Å². The molecule has 0 bridgehead atoms. The van der Waals surface area contributed by atoms with Gasteiger partial charge >= 0.3 is 0 Å². The molecule has 2 aromatic rings. The summed E-state index contributed by atoms with van der Waals surface area (Å²) >= 11 is 4.65. The number of halogens is 1. The molecule has 0 unspecified atom stereocenters. The molecule has 1 amide bonds. The van der Waals surface area contributed by atoms with Crippen LogP contribution < -0.4 is 9.88 Å². The molecule has 0 spiro atoms. The first-order chi connectivity index (χ1) is 12.5. The standard InChI is InChI=1S/C11H12N4O4S2.C5H11Br/c16-10(12-3-6-21(17,18)19)7-15-4-1-9(2-5-15)11-13-8-14-20-11;1-5(2,3)4-6/h1-2,4-5,8H,3,6-7H2,(H-,12,16,17,18,19);4H2,1-3H3/p+1. The third-order valence-electron chi connectivity index (χ3n) is 2.91. The van der Waals surface area contributed by atoms with Gasteiger partial charge in [-0.05, 0) is 16.9 Å². The van der Waals surface area contributed by atoms with Gasteiger partial charge in [0.15, 0.2) is 12.4 Å². The Balaban J connectivity index is 0.000000527. The Morgan fingerprint density at radius 1 is 1.33 bits per heavy atom. The molecule has 0 aliphatic heterocycles. The number of hydrogen-bond acceptors (Lipinski definition) is 6. The van der Waals surface area contributed by atoms with Crippen LogP contribution in [-0.2, 0) is 21.5 Å². The monoisotopic (exact) mass is 479 g/mol. The number of nitrogens with zero attached hydrogens (tertiary/aromatic N) is 3. The molecule has 11 heteroatoms. The molecule has 2 aromatic heterocycles. The number of pyridine rings is 1. The summed E-state index contributed by atoms with van der Waals surface area (Å²) in [6, 6.07) is 3.62. The summed E-state index contributed by atoms with van der Waals surface area (Å²) in [6.07, 6.45) is 4.92.